The summed E-state index contributed by atoms with van der Waals surface area (Å²) in [6.45, 7) is 1.83. The molecule has 0 aliphatic carbocycles. The number of esters is 1. The van der Waals surface area contributed by atoms with Gasteiger partial charge in [0.25, 0.3) is 5.56 Å². The highest BCUT2D eigenvalue weighted by Crippen LogP contribution is 2.14. The largest absolute Gasteiger partial charge is 0.461 e. The summed E-state index contributed by atoms with van der Waals surface area (Å²) in [6.07, 6.45) is 0.0207. The van der Waals surface area contributed by atoms with Gasteiger partial charge >= 0.3 is 5.97 Å². The molecule has 0 bridgehead atoms. The summed E-state index contributed by atoms with van der Waals surface area (Å²) in [5.74, 6) is -1.13. The number of hydrogen-bond acceptors (Lipinski definition) is 5. The molecule has 8 heteroatoms. The third kappa shape index (κ3) is 4.15. The van der Waals surface area contributed by atoms with E-state index in [9.17, 15) is 14.4 Å². The topological polar surface area (TPSA) is 90.3 Å². The van der Waals surface area contributed by atoms with Gasteiger partial charge in [0.1, 0.15) is 0 Å². The molecule has 1 aromatic heterocycles. The number of fused-ring (bicyclic) bond motifs is 1. The van der Waals surface area contributed by atoms with Crippen LogP contribution in [0.15, 0.2) is 53.3 Å². The first-order chi connectivity index (χ1) is 13.0. The van der Waals surface area contributed by atoms with Crippen LogP contribution in [0.4, 0.5) is 0 Å². The van der Waals surface area contributed by atoms with Crippen LogP contribution in [0.2, 0.25) is 5.02 Å². The lowest BCUT2D eigenvalue weighted by molar-refractivity contribution is -0.116. The van der Waals surface area contributed by atoms with E-state index in [2.05, 4.69) is 10.5 Å². The number of nitrogens with zero attached hydrogens (tertiary/aromatic N) is 2. The van der Waals surface area contributed by atoms with Crippen molar-refractivity contribution < 1.29 is 14.3 Å². The molecule has 27 heavy (non-hydrogen) atoms. The molecule has 3 aromatic rings. The summed E-state index contributed by atoms with van der Waals surface area (Å²) < 4.78 is 5.00. The monoisotopic (exact) mass is 385 g/mol. The second kappa shape index (κ2) is 8.01. The van der Waals surface area contributed by atoms with Gasteiger partial charge in [-0.15, -0.1) is 9.89 Å². The second-order valence-electron chi connectivity index (χ2n) is 5.67. The van der Waals surface area contributed by atoms with E-state index < -0.39 is 17.4 Å². The summed E-state index contributed by atoms with van der Waals surface area (Å²) in [5.41, 5.74) is 2.55. The van der Waals surface area contributed by atoms with Gasteiger partial charge in [0.15, 0.2) is 5.69 Å². The predicted octanol–water partition coefficient (Wildman–Crippen LogP) is 2.54. The fourth-order valence-corrected chi connectivity index (χ4v) is 2.69. The molecule has 138 valence electrons. The van der Waals surface area contributed by atoms with Crippen LogP contribution >= 0.6 is 11.6 Å². The maximum absolute atomic E-state index is 12.6. The molecule has 2 aromatic carbocycles. The van der Waals surface area contributed by atoms with Crippen molar-refractivity contribution in [3.8, 4) is 0 Å². The molecule has 1 N–H and O–H groups in total. The van der Waals surface area contributed by atoms with Crippen molar-refractivity contribution in [1.82, 2.24) is 9.89 Å². The zero-order chi connectivity index (χ0) is 19.4. The van der Waals surface area contributed by atoms with Gasteiger partial charge < -0.3 is 4.74 Å². The highest BCUT2D eigenvalue weighted by atomic mass is 35.5. The van der Waals surface area contributed by atoms with Crippen LogP contribution in [0.1, 0.15) is 23.0 Å². The lowest BCUT2D eigenvalue weighted by atomic mass is 10.1. The first kappa shape index (κ1) is 18.6. The molecule has 3 rings (SSSR count). The number of halogens is 1. The normalized spacial score (nSPS) is 10.6. The molecule has 1 amide bonds. The van der Waals surface area contributed by atoms with Crippen molar-refractivity contribution in [2.24, 2.45) is 0 Å². The van der Waals surface area contributed by atoms with Crippen LogP contribution in [0, 0.1) is 0 Å². The molecule has 7 nitrogen and oxygen atoms in total. The number of aromatic nitrogens is 2. The van der Waals surface area contributed by atoms with Crippen molar-refractivity contribution in [2.75, 3.05) is 12.0 Å². The van der Waals surface area contributed by atoms with E-state index in [1.807, 2.05) is 0 Å². The van der Waals surface area contributed by atoms with Crippen molar-refractivity contribution in [2.45, 2.75) is 13.3 Å². The van der Waals surface area contributed by atoms with Crippen molar-refractivity contribution in [1.29, 1.82) is 0 Å². The van der Waals surface area contributed by atoms with Gasteiger partial charge in [0.05, 0.1) is 18.4 Å². The summed E-state index contributed by atoms with van der Waals surface area (Å²) in [5, 5.41) is 5.17. The molecule has 0 fully saturated rings. The summed E-state index contributed by atoms with van der Waals surface area (Å²) in [7, 11) is 0. The summed E-state index contributed by atoms with van der Waals surface area (Å²) in [4.78, 5) is 37.9. The molecular weight excluding hydrogens is 370 g/mol. The van der Waals surface area contributed by atoms with Gasteiger partial charge in [-0.05, 0) is 30.7 Å². The Labute approximate surface area is 159 Å². The molecule has 0 radical (unpaired) electrons. The van der Waals surface area contributed by atoms with Crippen molar-refractivity contribution in [3.63, 3.8) is 0 Å². The Morgan fingerprint density at radius 1 is 1.11 bits per heavy atom. The van der Waals surface area contributed by atoms with Crippen molar-refractivity contribution in [3.05, 3.63) is 75.2 Å². The van der Waals surface area contributed by atoms with E-state index in [4.69, 9.17) is 16.3 Å². The van der Waals surface area contributed by atoms with Crippen LogP contribution in [-0.2, 0) is 16.0 Å². The average Bonchev–Trinajstić information content (AvgIpc) is 2.66. The van der Waals surface area contributed by atoms with Crippen LogP contribution in [0.5, 0.6) is 0 Å². The molecule has 0 aliphatic rings. The number of amides is 1. The van der Waals surface area contributed by atoms with Crippen molar-refractivity contribution >= 4 is 34.2 Å². The minimum absolute atomic E-state index is 0.0207. The molecule has 0 saturated carbocycles. The Balaban J connectivity index is 1.95. The number of ether oxygens (including phenoxy) is 1. The van der Waals surface area contributed by atoms with E-state index >= 15 is 0 Å². The molecule has 0 atom stereocenters. The summed E-state index contributed by atoms with van der Waals surface area (Å²) >= 11 is 5.83. The van der Waals surface area contributed by atoms with Crippen LogP contribution < -0.4 is 11.0 Å². The van der Waals surface area contributed by atoms with Gasteiger partial charge in [-0.1, -0.05) is 41.9 Å². The standard InChI is InChI=1S/C19H16ClN3O4/c1-2-27-19(26)17-14-5-3-4-6-15(14)18(25)23(22-17)21-16(24)11-12-7-9-13(20)10-8-12/h3-10H,2,11H2,1H3,(H,21,24). The van der Waals surface area contributed by atoms with Gasteiger partial charge in [0.2, 0.25) is 5.91 Å². The predicted molar refractivity (Wildman–Crippen MR) is 101 cm³/mol. The first-order valence-electron chi connectivity index (χ1n) is 8.23. The molecular formula is C19H16ClN3O4. The molecule has 0 spiro atoms. The Hall–Kier alpha value is -3.19. The number of carbonyl (C=O) groups excluding carboxylic acids is 2. The maximum Gasteiger partial charge on any atom is 0.359 e. The Bertz CT molecular complexity index is 1060. The van der Waals surface area contributed by atoms with Crippen LogP contribution in [0.25, 0.3) is 10.8 Å². The van der Waals surface area contributed by atoms with Crippen LogP contribution in [0.3, 0.4) is 0 Å². The zero-order valence-electron chi connectivity index (χ0n) is 14.4. The minimum Gasteiger partial charge on any atom is -0.461 e. The van der Waals surface area contributed by atoms with E-state index in [0.29, 0.717) is 10.4 Å². The minimum atomic E-state index is -0.672. The summed E-state index contributed by atoms with van der Waals surface area (Å²) in [6, 6.07) is 13.3. The molecule has 0 aliphatic heterocycles. The number of carbonyl (C=O) groups is 2. The average molecular weight is 386 g/mol. The zero-order valence-corrected chi connectivity index (χ0v) is 15.2. The van der Waals surface area contributed by atoms with E-state index in [1.54, 1.807) is 55.5 Å². The third-order valence-corrected chi connectivity index (χ3v) is 4.03. The Kier molecular flexibility index (Phi) is 5.52. The number of benzene rings is 2. The van der Waals surface area contributed by atoms with Crippen LogP contribution in [-0.4, -0.2) is 28.4 Å². The molecule has 0 saturated heterocycles. The van der Waals surface area contributed by atoms with Gasteiger partial charge in [-0.3, -0.25) is 9.59 Å². The first-order valence-corrected chi connectivity index (χ1v) is 8.61. The quantitative estimate of drug-likeness (QED) is 0.681. The lowest BCUT2D eigenvalue weighted by Crippen LogP contribution is -2.37. The molecule has 0 unspecified atom stereocenters. The highest BCUT2D eigenvalue weighted by molar-refractivity contribution is 6.30. The second-order valence-corrected chi connectivity index (χ2v) is 6.11. The third-order valence-electron chi connectivity index (χ3n) is 3.78. The highest BCUT2D eigenvalue weighted by Gasteiger charge is 2.18. The number of rotatable bonds is 5. The van der Waals surface area contributed by atoms with E-state index in [-0.39, 0.29) is 24.1 Å². The Morgan fingerprint density at radius 3 is 2.44 bits per heavy atom. The van der Waals surface area contributed by atoms with E-state index in [1.165, 1.54) is 0 Å². The van der Waals surface area contributed by atoms with E-state index in [0.717, 1.165) is 10.4 Å². The van der Waals surface area contributed by atoms with Gasteiger partial charge in [0, 0.05) is 10.4 Å². The molecule has 1 heterocycles. The number of hydrogen-bond donors (Lipinski definition) is 1. The fourth-order valence-electron chi connectivity index (χ4n) is 2.56. The fraction of sp³-hybridized carbons (Fsp3) is 0.158. The van der Waals surface area contributed by atoms with Gasteiger partial charge in [-0.2, -0.15) is 0 Å². The maximum atomic E-state index is 12.6. The SMILES string of the molecule is CCOC(=O)c1nn(NC(=O)Cc2ccc(Cl)cc2)c(=O)c2ccccc12. The smallest absolute Gasteiger partial charge is 0.359 e. The lowest BCUT2D eigenvalue weighted by Gasteiger charge is -2.11. The Morgan fingerprint density at radius 2 is 1.78 bits per heavy atom. The number of nitrogens with one attached hydrogen (secondary N) is 1. The van der Waals surface area contributed by atoms with Gasteiger partial charge in [-0.25, -0.2) is 10.2 Å².